The Morgan fingerprint density at radius 3 is 1.17 bits per heavy atom. The molecule has 0 aliphatic rings. The van der Waals surface area contributed by atoms with Crippen molar-refractivity contribution in [2.45, 2.75) is 71.8 Å². The van der Waals surface area contributed by atoms with Gasteiger partial charge in [0.05, 0.1) is 119 Å². The highest BCUT2D eigenvalue weighted by Gasteiger charge is 2.19. The van der Waals surface area contributed by atoms with E-state index in [1.54, 1.807) is 7.05 Å². The molecule has 0 atom stereocenters. The minimum absolute atomic E-state index is 0.151. The van der Waals surface area contributed by atoms with E-state index in [-0.39, 0.29) is 18.7 Å². The summed E-state index contributed by atoms with van der Waals surface area (Å²) in [6.45, 7) is 16.8. The maximum Gasteiger partial charge on any atom is 0.410 e. The molecule has 0 fully saturated rings. The quantitative estimate of drug-likeness (QED) is 0.0692. The summed E-state index contributed by atoms with van der Waals surface area (Å²) in [5.41, 5.74) is -0.512. The normalized spacial score (nSPS) is 11.6. The summed E-state index contributed by atoms with van der Waals surface area (Å²) in [5.74, 6) is -0.151. The second-order valence-corrected chi connectivity index (χ2v) is 11.8. The fourth-order valence-corrected chi connectivity index (χ4v) is 3.65. The van der Waals surface area contributed by atoms with Gasteiger partial charge in [-0.1, -0.05) is 32.6 Å². The first-order valence-corrected chi connectivity index (χ1v) is 17.6. The van der Waals surface area contributed by atoms with Crippen LogP contribution in [-0.4, -0.2) is 162 Å². The first-order valence-electron chi connectivity index (χ1n) is 17.6. The number of hydrogen-bond donors (Lipinski definition) is 0. The lowest BCUT2D eigenvalue weighted by atomic mass is 10.1. The van der Waals surface area contributed by atoms with Crippen molar-refractivity contribution < 1.29 is 61.7 Å². The number of likely N-dealkylation sites (N-methyl/N-ethyl adjacent to an activating group) is 1. The lowest BCUT2D eigenvalue weighted by Crippen LogP contribution is -2.36. The van der Waals surface area contributed by atoms with Crippen molar-refractivity contribution in [2.24, 2.45) is 0 Å². The molecule has 0 N–H and O–H groups in total. The molecule has 0 heterocycles. The molecule has 1 amide bonds. The Kier molecular flexibility index (Phi) is 34.0. The molecule has 0 bridgehead atoms. The first kappa shape index (κ1) is 46.4. The van der Waals surface area contributed by atoms with Crippen LogP contribution in [0, 0.1) is 0 Å². The van der Waals surface area contributed by atoms with Gasteiger partial charge in [0.2, 0.25) is 0 Å². The van der Waals surface area contributed by atoms with E-state index in [0.717, 1.165) is 12.8 Å². The van der Waals surface area contributed by atoms with Crippen molar-refractivity contribution in [3.63, 3.8) is 0 Å². The van der Waals surface area contributed by atoms with Gasteiger partial charge < -0.3 is 57.0 Å². The number of nitrogens with zero attached hydrogens (tertiary/aromatic N) is 1. The van der Waals surface area contributed by atoms with Gasteiger partial charge in [0.15, 0.2) is 0 Å². The van der Waals surface area contributed by atoms with Crippen LogP contribution in [0.25, 0.3) is 0 Å². The van der Waals surface area contributed by atoms with Gasteiger partial charge in [0.1, 0.15) is 12.2 Å². The van der Waals surface area contributed by atoms with Crippen molar-refractivity contribution in [1.29, 1.82) is 0 Å². The summed E-state index contributed by atoms with van der Waals surface area (Å²) in [6.07, 6.45) is 5.69. The van der Waals surface area contributed by atoms with Crippen molar-refractivity contribution in [2.75, 3.05) is 139 Å². The highest BCUT2D eigenvalue weighted by molar-refractivity contribution is 5.69. The Bertz CT molecular complexity index is 709. The summed E-state index contributed by atoms with van der Waals surface area (Å²) in [7, 11) is 1.68. The molecular weight excluding hydrogens is 630 g/mol. The van der Waals surface area contributed by atoms with Gasteiger partial charge >= 0.3 is 12.1 Å². The average Bonchev–Trinajstić information content (AvgIpc) is 3.04. The number of ether oxygens (including phenoxy) is 11. The van der Waals surface area contributed by atoms with Crippen molar-refractivity contribution >= 4 is 12.1 Å². The zero-order chi connectivity index (χ0) is 35.4. The van der Waals surface area contributed by atoms with Crippen molar-refractivity contribution in [3.8, 4) is 0 Å². The maximum atomic E-state index is 11.9. The van der Waals surface area contributed by atoms with Crippen LogP contribution >= 0.6 is 0 Å². The van der Waals surface area contributed by atoms with Gasteiger partial charge in [-0.3, -0.25) is 4.79 Å². The lowest BCUT2D eigenvalue weighted by molar-refractivity contribution is -0.145. The van der Waals surface area contributed by atoms with Crippen molar-refractivity contribution in [3.05, 3.63) is 0 Å². The molecule has 0 saturated heterocycles. The van der Waals surface area contributed by atoms with Gasteiger partial charge in [-0.05, 0) is 27.2 Å². The number of unbranched alkanes of at least 4 members (excludes halogenated alkanes) is 4. The molecule has 0 saturated carbocycles. The summed E-state index contributed by atoms with van der Waals surface area (Å²) >= 11 is 0. The third-order valence-corrected chi connectivity index (χ3v) is 6.23. The molecule has 14 heteroatoms. The maximum absolute atomic E-state index is 11.9. The molecule has 48 heavy (non-hydrogen) atoms. The monoisotopic (exact) mass is 697 g/mol. The molecule has 0 rings (SSSR count). The predicted molar refractivity (Wildman–Crippen MR) is 181 cm³/mol. The highest BCUT2D eigenvalue weighted by atomic mass is 16.6. The zero-order valence-electron chi connectivity index (χ0n) is 30.6. The van der Waals surface area contributed by atoms with Crippen LogP contribution in [0.15, 0.2) is 0 Å². The van der Waals surface area contributed by atoms with E-state index in [9.17, 15) is 9.59 Å². The number of rotatable bonds is 36. The Hall–Kier alpha value is -1.62. The van der Waals surface area contributed by atoms with Crippen LogP contribution in [-0.2, 0) is 56.9 Å². The Morgan fingerprint density at radius 2 is 0.812 bits per heavy atom. The van der Waals surface area contributed by atoms with E-state index < -0.39 is 5.60 Å². The molecule has 0 unspecified atom stereocenters. The fourth-order valence-electron chi connectivity index (χ4n) is 3.65. The van der Waals surface area contributed by atoms with E-state index in [4.69, 9.17) is 52.1 Å². The topological polar surface area (TPSA) is 139 Å². The number of carbonyl (C=O) groups is 2. The first-order chi connectivity index (χ1) is 23.3. The molecule has 0 radical (unpaired) electrons. The Balaban J connectivity index is 3.18. The number of carbonyl (C=O) groups excluding carboxylic acids is 2. The van der Waals surface area contributed by atoms with Crippen LogP contribution in [0.5, 0.6) is 0 Å². The minimum atomic E-state index is -0.512. The van der Waals surface area contributed by atoms with Crippen LogP contribution < -0.4 is 0 Å². The van der Waals surface area contributed by atoms with E-state index in [1.165, 1.54) is 24.2 Å². The smallest absolute Gasteiger partial charge is 0.410 e. The lowest BCUT2D eigenvalue weighted by Gasteiger charge is -2.24. The zero-order valence-corrected chi connectivity index (χ0v) is 30.6. The standard InChI is InChI=1S/C34H67NO13/c1-6-7-8-9-10-11-32(36)47-31-30-46-29-28-45-27-26-44-25-24-43-23-22-42-21-20-41-19-18-40-17-16-39-15-14-38-13-12-35(5)33(37)48-34(2,3)4/h6-31H2,1-5H3. The number of esters is 1. The SMILES string of the molecule is CCCCCCCC(=O)OCCOCCOCCOCCOCCOCCOCCOCCOCCOCCN(C)C(=O)OC(C)(C)C. The summed E-state index contributed by atoms with van der Waals surface area (Å²) in [5, 5.41) is 0. The highest BCUT2D eigenvalue weighted by Crippen LogP contribution is 2.09. The van der Waals surface area contributed by atoms with Gasteiger partial charge in [0.25, 0.3) is 0 Å². The summed E-state index contributed by atoms with van der Waals surface area (Å²) in [4.78, 5) is 25.0. The summed E-state index contributed by atoms with van der Waals surface area (Å²) < 4.78 is 59.6. The van der Waals surface area contributed by atoms with Crippen LogP contribution in [0.2, 0.25) is 0 Å². The Morgan fingerprint density at radius 1 is 0.479 bits per heavy atom. The number of hydrogen-bond acceptors (Lipinski definition) is 13. The second kappa shape index (κ2) is 35.2. The largest absolute Gasteiger partial charge is 0.463 e. The third-order valence-electron chi connectivity index (χ3n) is 6.23. The molecule has 0 aromatic heterocycles. The molecule has 0 aliphatic carbocycles. The molecule has 0 spiro atoms. The second-order valence-electron chi connectivity index (χ2n) is 11.8. The summed E-state index contributed by atoms with van der Waals surface area (Å²) in [6, 6.07) is 0. The third kappa shape index (κ3) is 37.2. The molecule has 0 aromatic carbocycles. The van der Waals surface area contributed by atoms with Crippen LogP contribution in [0.1, 0.15) is 66.2 Å². The van der Waals surface area contributed by atoms with Gasteiger partial charge in [-0.25, -0.2) is 4.79 Å². The molecule has 0 aromatic rings. The molecule has 14 nitrogen and oxygen atoms in total. The van der Waals surface area contributed by atoms with E-state index in [0.29, 0.717) is 132 Å². The molecule has 0 aliphatic heterocycles. The van der Waals surface area contributed by atoms with Crippen LogP contribution in [0.3, 0.4) is 0 Å². The predicted octanol–water partition coefficient (Wildman–Crippen LogP) is 3.91. The number of amides is 1. The minimum Gasteiger partial charge on any atom is -0.463 e. The van der Waals surface area contributed by atoms with Crippen molar-refractivity contribution in [1.82, 2.24) is 4.90 Å². The van der Waals surface area contributed by atoms with Gasteiger partial charge in [-0.15, -0.1) is 0 Å². The van der Waals surface area contributed by atoms with E-state index in [1.807, 2.05) is 20.8 Å². The molecular formula is C34H67NO13. The van der Waals surface area contributed by atoms with Gasteiger partial charge in [0, 0.05) is 20.0 Å². The van der Waals surface area contributed by atoms with E-state index in [2.05, 4.69) is 6.92 Å². The van der Waals surface area contributed by atoms with E-state index >= 15 is 0 Å². The average molecular weight is 698 g/mol. The fraction of sp³-hybridized carbons (Fsp3) is 0.941. The molecule has 286 valence electrons. The van der Waals surface area contributed by atoms with Gasteiger partial charge in [-0.2, -0.15) is 0 Å². The Labute approximate surface area is 289 Å². The van der Waals surface area contributed by atoms with Crippen LogP contribution in [0.4, 0.5) is 4.79 Å².